The number of aliphatic hydroxyl groups excluding tert-OH is 1. The third kappa shape index (κ3) is 4.14. The van der Waals surface area contributed by atoms with Crippen LogP contribution in [-0.2, 0) is 16.4 Å². The molecular formula is C14H17NO3S2. The maximum atomic E-state index is 11.3. The molecule has 0 amide bonds. The first-order valence-corrected chi connectivity index (χ1v) is 9.00. The van der Waals surface area contributed by atoms with Crippen LogP contribution < -0.4 is 5.32 Å². The predicted molar refractivity (Wildman–Crippen MR) is 80.5 cm³/mol. The summed E-state index contributed by atoms with van der Waals surface area (Å²) in [4.78, 5) is 0.264. The number of thiophene rings is 1. The van der Waals surface area contributed by atoms with Crippen molar-refractivity contribution in [2.75, 3.05) is 12.8 Å². The van der Waals surface area contributed by atoms with Gasteiger partial charge in [-0.1, -0.05) is 12.1 Å². The molecule has 0 radical (unpaired) electrons. The van der Waals surface area contributed by atoms with Gasteiger partial charge in [0, 0.05) is 19.3 Å². The average molecular weight is 311 g/mol. The van der Waals surface area contributed by atoms with E-state index >= 15 is 0 Å². The van der Waals surface area contributed by atoms with Crippen molar-refractivity contribution in [3.8, 4) is 0 Å². The summed E-state index contributed by atoms with van der Waals surface area (Å²) in [5.41, 5.74) is 1.89. The number of benzene rings is 1. The quantitative estimate of drug-likeness (QED) is 0.856. The molecule has 1 atom stereocenters. The molecule has 20 heavy (non-hydrogen) atoms. The molecule has 0 aliphatic heterocycles. The Labute approximate surface area is 123 Å². The first-order valence-electron chi connectivity index (χ1n) is 6.16. The van der Waals surface area contributed by atoms with Crippen molar-refractivity contribution in [2.45, 2.75) is 17.5 Å². The molecule has 1 aromatic heterocycles. The summed E-state index contributed by atoms with van der Waals surface area (Å²) in [5.74, 6) is 0. The predicted octanol–water partition coefficient (Wildman–Crippen LogP) is 1.97. The average Bonchev–Trinajstić information content (AvgIpc) is 2.91. The molecule has 0 spiro atoms. The van der Waals surface area contributed by atoms with Crippen LogP contribution in [0.2, 0.25) is 0 Å². The molecule has 1 heterocycles. The largest absolute Gasteiger partial charge is 0.387 e. The molecule has 0 saturated carbocycles. The third-order valence-electron chi connectivity index (χ3n) is 2.94. The third-order valence-corrected chi connectivity index (χ3v) is 4.80. The molecule has 6 heteroatoms. The summed E-state index contributed by atoms with van der Waals surface area (Å²) in [6.07, 6.45) is 0.517. The fraction of sp³-hybridized carbons (Fsp3) is 0.286. The molecule has 2 rings (SSSR count). The Hall–Kier alpha value is -1.21. The van der Waals surface area contributed by atoms with Gasteiger partial charge in [0.05, 0.1) is 11.0 Å². The zero-order chi connectivity index (χ0) is 14.6. The highest BCUT2D eigenvalue weighted by Gasteiger charge is 2.10. The smallest absolute Gasteiger partial charge is 0.175 e. The molecule has 2 aromatic rings. The summed E-state index contributed by atoms with van der Waals surface area (Å²) >= 11 is 1.64. The molecule has 0 saturated heterocycles. The minimum absolute atomic E-state index is 0.264. The highest BCUT2D eigenvalue weighted by molar-refractivity contribution is 7.90. The van der Waals surface area contributed by atoms with Gasteiger partial charge in [0.1, 0.15) is 0 Å². The number of rotatable bonds is 6. The molecule has 108 valence electrons. The molecule has 4 nitrogen and oxygen atoms in total. The second kappa shape index (κ2) is 6.49. The first kappa shape index (κ1) is 15.2. The Kier molecular flexibility index (Phi) is 4.93. The van der Waals surface area contributed by atoms with Gasteiger partial charge in [-0.3, -0.25) is 0 Å². The first-order chi connectivity index (χ1) is 9.47. The van der Waals surface area contributed by atoms with Crippen LogP contribution in [0.4, 0.5) is 0 Å². The SMILES string of the molecule is CS(=O)(=O)c1ccc(C(O)CNCc2ccsc2)cc1. The van der Waals surface area contributed by atoms with Gasteiger partial charge in [-0.25, -0.2) is 8.42 Å². The molecule has 1 aromatic carbocycles. The topological polar surface area (TPSA) is 66.4 Å². The number of aliphatic hydroxyl groups is 1. The van der Waals surface area contributed by atoms with Crippen molar-refractivity contribution in [3.05, 3.63) is 52.2 Å². The van der Waals surface area contributed by atoms with Gasteiger partial charge in [0.2, 0.25) is 0 Å². The lowest BCUT2D eigenvalue weighted by Crippen LogP contribution is -2.20. The molecule has 2 N–H and O–H groups in total. The normalized spacial score (nSPS) is 13.3. The standard InChI is InChI=1S/C14H17NO3S2/c1-20(17,18)13-4-2-12(3-5-13)14(16)9-15-8-11-6-7-19-10-11/h2-7,10,14-16H,8-9H2,1H3. The Morgan fingerprint density at radius 2 is 1.95 bits per heavy atom. The van der Waals surface area contributed by atoms with E-state index in [4.69, 9.17) is 0 Å². The van der Waals surface area contributed by atoms with Crippen LogP contribution in [0.1, 0.15) is 17.2 Å². The van der Waals surface area contributed by atoms with E-state index in [-0.39, 0.29) is 4.90 Å². The fourth-order valence-corrected chi connectivity index (χ4v) is 3.10. The summed E-state index contributed by atoms with van der Waals surface area (Å²) in [5, 5.41) is 17.3. The number of sulfone groups is 1. The lowest BCUT2D eigenvalue weighted by molar-refractivity contribution is 0.174. The Morgan fingerprint density at radius 1 is 1.25 bits per heavy atom. The highest BCUT2D eigenvalue weighted by atomic mass is 32.2. The highest BCUT2D eigenvalue weighted by Crippen LogP contribution is 2.16. The van der Waals surface area contributed by atoms with Crippen LogP contribution in [0.15, 0.2) is 46.0 Å². The van der Waals surface area contributed by atoms with Gasteiger partial charge >= 0.3 is 0 Å². The fourth-order valence-electron chi connectivity index (χ4n) is 1.80. The number of hydrogen-bond acceptors (Lipinski definition) is 5. The summed E-state index contributed by atoms with van der Waals surface area (Å²) in [6, 6.07) is 8.37. The molecule has 0 aliphatic carbocycles. The lowest BCUT2D eigenvalue weighted by atomic mass is 10.1. The van der Waals surface area contributed by atoms with Crippen molar-refractivity contribution in [2.24, 2.45) is 0 Å². The maximum absolute atomic E-state index is 11.3. The van der Waals surface area contributed by atoms with Crippen LogP contribution in [-0.4, -0.2) is 26.3 Å². The monoisotopic (exact) mass is 311 g/mol. The van der Waals surface area contributed by atoms with Gasteiger partial charge in [-0.05, 0) is 40.1 Å². The summed E-state index contributed by atoms with van der Waals surface area (Å²) in [6.45, 7) is 1.13. The van der Waals surface area contributed by atoms with Crippen LogP contribution in [0.3, 0.4) is 0 Å². The van der Waals surface area contributed by atoms with Crippen molar-refractivity contribution in [1.82, 2.24) is 5.32 Å². The van der Waals surface area contributed by atoms with Crippen molar-refractivity contribution < 1.29 is 13.5 Å². The van der Waals surface area contributed by atoms with Gasteiger partial charge in [-0.2, -0.15) is 11.3 Å². The van der Waals surface area contributed by atoms with Crippen LogP contribution in [0, 0.1) is 0 Å². The van der Waals surface area contributed by atoms with Gasteiger partial charge in [-0.15, -0.1) is 0 Å². The second-order valence-corrected chi connectivity index (χ2v) is 7.42. The van der Waals surface area contributed by atoms with E-state index in [1.807, 2.05) is 11.4 Å². The summed E-state index contributed by atoms with van der Waals surface area (Å²) in [7, 11) is -3.19. The minimum Gasteiger partial charge on any atom is -0.387 e. The lowest BCUT2D eigenvalue weighted by Gasteiger charge is -2.12. The van der Waals surface area contributed by atoms with E-state index in [9.17, 15) is 13.5 Å². The molecular weight excluding hydrogens is 294 g/mol. The van der Waals surface area contributed by atoms with Gasteiger partial charge in [0.25, 0.3) is 0 Å². The number of hydrogen-bond donors (Lipinski definition) is 2. The molecule has 0 fully saturated rings. The van der Waals surface area contributed by atoms with E-state index in [1.54, 1.807) is 23.5 Å². The Morgan fingerprint density at radius 3 is 2.50 bits per heavy atom. The zero-order valence-corrected chi connectivity index (χ0v) is 12.7. The van der Waals surface area contributed by atoms with Crippen LogP contribution in [0.25, 0.3) is 0 Å². The minimum atomic E-state index is -3.19. The van der Waals surface area contributed by atoms with Crippen molar-refractivity contribution in [3.63, 3.8) is 0 Å². The van der Waals surface area contributed by atoms with Crippen LogP contribution >= 0.6 is 11.3 Å². The second-order valence-electron chi connectivity index (χ2n) is 4.62. The number of nitrogens with one attached hydrogen (secondary N) is 1. The van der Waals surface area contributed by atoms with Crippen molar-refractivity contribution >= 4 is 21.2 Å². The summed E-state index contributed by atoms with van der Waals surface area (Å²) < 4.78 is 22.7. The van der Waals surface area contributed by atoms with E-state index in [0.717, 1.165) is 0 Å². The zero-order valence-electron chi connectivity index (χ0n) is 11.1. The Balaban J connectivity index is 1.90. The molecule has 1 unspecified atom stereocenters. The van der Waals surface area contributed by atoms with Gasteiger partial charge in [0.15, 0.2) is 9.84 Å². The van der Waals surface area contributed by atoms with Crippen LogP contribution in [0.5, 0.6) is 0 Å². The van der Waals surface area contributed by atoms with E-state index in [1.165, 1.54) is 24.0 Å². The Bertz CT molecular complexity index is 634. The molecule has 0 aliphatic rings. The maximum Gasteiger partial charge on any atom is 0.175 e. The molecule has 0 bridgehead atoms. The van der Waals surface area contributed by atoms with E-state index in [2.05, 4.69) is 10.7 Å². The van der Waals surface area contributed by atoms with E-state index < -0.39 is 15.9 Å². The van der Waals surface area contributed by atoms with Crippen molar-refractivity contribution in [1.29, 1.82) is 0 Å². The van der Waals surface area contributed by atoms with E-state index in [0.29, 0.717) is 18.7 Å². The van der Waals surface area contributed by atoms with Gasteiger partial charge < -0.3 is 10.4 Å².